The highest BCUT2D eigenvalue weighted by Crippen LogP contribution is 2.44. The third-order valence-corrected chi connectivity index (χ3v) is 7.65. The predicted molar refractivity (Wildman–Crippen MR) is 123 cm³/mol. The molecule has 0 saturated carbocycles. The molecule has 2 aromatic heterocycles. The highest BCUT2D eigenvalue weighted by atomic mass is 32.1. The van der Waals surface area contributed by atoms with Crippen molar-refractivity contribution in [2.24, 2.45) is 0 Å². The van der Waals surface area contributed by atoms with Gasteiger partial charge in [0, 0.05) is 11.3 Å². The Morgan fingerprint density at radius 2 is 1.97 bits per heavy atom. The van der Waals surface area contributed by atoms with Crippen LogP contribution >= 0.6 is 11.3 Å². The van der Waals surface area contributed by atoms with Gasteiger partial charge < -0.3 is 10.6 Å². The second-order valence-electron chi connectivity index (χ2n) is 8.59. The van der Waals surface area contributed by atoms with Crippen molar-refractivity contribution in [2.75, 3.05) is 10.6 Å². The molecule has 10 heteroatoms. The van der Waals surface area contributed by atoms with Crippen LogP contribution in [0.2, 0.25) is 0 Å². The summed E-state index contributed by atoms with van der Waals surface area (Å²) in [6.07, 6.45) is 1.18. The number of aryl methyl sites for hydroxylation is 1. The number of benzene rings is 1. The number of halogens is 3. The van der Waals surface area contributed by atoms with Gasteiger partial charge in [-0.1, -0.05) is 36.8 Å². The number of amides is 1. The Morgan fingerprint density at radius 1 is 1.21 bits per heavy atom. The van der Waals surface area contributed by atoms with Gasteiger partial charge >= 0.3 is 6.18 Å². The van der Waals surface area contributed by atoms with Crippen molar-refractivity contribution in [3.63, 3.8) is 0 Å². The molecule has 0 unspecified atom stereocenters. The summed E-state index contributed by atoms with van der Waals surface area (Å²) in [5.74, 6) is -0.562. The summed E-state index contributed by atoms with van der Waals surface area (Å²) in [7, 11) is 0. The zero-order valence-corrected chi connectivity index (χ0v) is 19.0. The van der Waals surface area contributed by atoms with Crippen molar-refractivity contribution in [1.82, 2.24) is 9.78 Å². The summed E-state index contributed by atoms with van der Waals surface area (Å²) in [4.78, 5) is 14.3. The largest absolute Gasteiger partial charge is 0.410 e. The lowest BCUT2D eigenvalue weighted by Crippen LogP contribution is -2.36. The molecule has 6 nitrogen and oxygen atoms in total. The molecule has 1 amide bonds. The fourth-order valence-corrected chi connectivity index (χ4v) is 5.99. The number of carbonyl (C=O) groups is 1. The normalized spacial score (nSPS) is 19.8. The van der Waals surface area contributed by atoms with Crippen LogP contribution in [-0.2, 0) is 12.8 Å². The van der Waals surface area contributed by atoms with Gasteiger partial charge in [0.25, 0.3) is 5.91 Å². The van der Waals surface area contributed by atoms with Crippen molar-refractivity contribution < 1.29 is 18.0 Å². The molecule has 5 rings (SSSR count). The van der Waals surface area contributed by atoms with Crippen LogP contribution < -0.4 is 10.6 Å². The minimum Gasteiger partial charge on any atom is -0.363 e. The van der Waals surface area contributed by atoms with Crippen molar-refractivity contribution >= 4 is 28.1 Å². The van der Waals surface area contributed by atoms with E-state index in [1.807, 2.05) is 0 Å². The fraction of sp³-hybridized carbons (Fsp3) is 0.375. The summed E-state index contributed by atoms with van der Waals surface area (Å²) in [5, 5.41) is 20.0. The number of hydrogen-bond acceptors (Lipinski definition) is 5. The van der Waals surface area contributed by atoms with E-state index < -0.39 is 24.2 Å². The van der Waals surface area contributed by atoms with Gasteiger partial charge in [0.05, 0.1) is 17.8 Å². The van der Waals surface area contributed by atoms with Crippen LogP contribution in [0.15, 0.2) is 36.5 Å². The van der Waals surface area contributed by atoms with E-state index in [-0.39, 0.29) is 17.8 Å². The number of aromatic nitrogens is 2. The van der Waals surface area contributed by atoms with E-state index in [9.17, 15) is 23.2 Å². The lowest BCUT2D eigenvalue weighted by atomic mass is 9.96. The van der Waals surface area contributed by atoms with Crippen molar-refractivity contribution in [3.8, 4) is 6.07 Å². The number of alkyl halides is 3. The highest BCUT2D eigenvalue weighted by molar-refractivity contribution is 7.16. The van der Waals surface area contributed by atoms with E-state index >= 15 is 0 Å². The molecule has 2 aliphatic rings. The first-order chi connectivity index (χ1) is 16.4. The van der Waals surface area contributed by atoms with Crippen LogP contribution in [0, 0.1) is 11.3 Å². The Morgan fingerprint density at radius 3 is 2.71 bits per heavy atom. The number of fused-ring (bicyclic) bond motifs is 2. The van der Waals surface area contributed by atoms with Crippen molar-refractivity contribution in [1.29, 1.82) is 5.26 Å². The Bertz CT molecular complexity index is 1260. The molecule has 3 heterocycles. The SMILES string of the molecule is N#Cc1c(NC(=O)c2cnn3c2N[C@@H](c2ccccc2)C[C@H]3C(F)(F)F)sc2c1CCCCC2. The molecule has 34 heavy (non-hydrogen) atoms. The van der Waals surface area contributed by atoms with E-state index in [0.29, 0.717) is 16.1 Å². The van der Waals surface area contributed by atoms with Gasteiger partial charge in [0.15, 0.2) is 6.04 Å². The second-order valence-corrected chi connectivity index (χ2v) is 9.69. The number of nitrogens with one attached hydrogen (secondary N) is 2. The second kappa shape index (κ2) is 8.80. The van der Waals surface area contributed by atoms with Gasteiger partial charge in [0.1, 0.15) is 22.5 Å². The molecule has 2 N–H and O–H groups in total. The molecule has 3 aromatic rings. The average molecular weight is 486 g/mol. The smallest absolute Gasteiger partial charge is 0.363 e. The number of thiophene rings is 1. The molecule has 0 spiro atoms. The van der Waals surface area contributed by atoms with Gasteiger partial charge in [0.2, 0.25) is 0 Å². The first-order valence-electron chi connectivity index (χ1n) is 11.2. The van der Waals surface area contributed by atoms with Crippen LogP contribution in [0.3, 0.4) is 0 Å². The molecule has 0 saturated heterocycles. The Balaban J connectivity index is 1.48. The third kappa shape index (κ3) is 4.05. The van der Waals surface area contributed by atoms with Crippen molar-refractivity contribution in [3.05, 3.63) is 63.7 Å². The van der Waals surface area contributed by atoms with E-state index in [0.717, 1.165) is 53.4 Å². The lowest BCUT2D eigenvalue weighted by molar-refractivity contribution is -0.173. The van der Waals surface area contributed by atoms with Gasteiger partial charge in [-0.3, -0.25) is 4.79 Å². The molecule has 0 radical (unpaired) electrons. The lowest BCUT2D eigenvalue weighted by Gasteiger charge is -2.34. The Labute approximate surface area is 198 Å². The maximum absolute atomic E-state index is 13.9. The van der Waals surface area contributed by atoms with Gasteiger partial charge in [-0.2, -0.15) is 23.5 Å². The molecule has 2 atom stereocenters. The maximum atomic E-state index is 13.9. The van der Waals surface area contributed by atoms with Crippen LogP contribution in [0.1, 0.15) is 69.7 Å². The molecular formula is C24H22F3N5OS. The van der Waals surface area contributed by atoms with Crippen LogP contribution in [0.5, 0.6) is 0 Å². The quantitative estimate of drug-likeness (QED) is 0.446. The molecule has 0 fully saturated rings. The number of hydrogen-bond donors (Lipinski definition) is 2. The summed E-state index contributed by atoms with van der Waals surface area (Å²) < 4.78 is 42.6. The van der Waals surface area contributed by atoms with Gasteiger partial charge in [-0.05, 0) is 36.8 Å². The maximum Gasteiger partial charge on any atom is 0.410 e. The summed E-state index contributed by atoms with van der Waals surface area (Å²) in [5.41, 5.74) is 2.16. The van der Waals surface area contributed by atoms with Crippen LogP contribution in [0.25, 0.3) is 0 Å². The molecular weight excluding hydrogens is 463 g/mol. The Hall–Kier alpha value is -3.32. The van der Waals surface area contributed by atoms with Gasteiger partial charge in [-0.25, -0.2) is 4.68 Å². The zero-order valence-electron chi connectivity index (χ0n) is 18.2. The zero-order chi connectivity index (χ0) is 23.9. The molecule has 176 valence electrons. The minimum absolute atomic E-state index is 0.0161. The number of rotatable bonds is 3. The molecule has 1 aliphatic carbocycles. The fourth-order valence-electron chi connectivity index (χ4n) is 4.75. The molecule has 1 aliphatic heterocycles. The molecule has 1 aromatic carbocycles. The standard InChI is InChI=1S/C24H22F3N5OS/c25-24(26,27)20-11-18(14-7-3-1-4-8-14)30-21-17(13-29-32(20)21)22(33)31-23-16(12-28)15-9-5-2-6-10-19(15)34-23/h1,3-4,7-8,13,18,20,30H,2,5-6,9-11H2,(H,31,33)/t18-,20+/m1/s1. The third-order valence-electron chi connectivity index (χ3n) is 6.45. The molecule has 0 bridgehead atoms. The van der Waals surface area contributed by atoms with Crippen LogP contribution in [-0.4, -0.2) is 21.9 Å². The summed E-state index contributed by atoms with van der Waals surface area (Å²) >= 11 is 1.38. The monoisotopic (exact) mass is 485 g/mol. The van der Waals surface area contributed by atoms with Crippen LogP contribution in [0.4, 0.5) is 24.0 Å². The van der Waals surface area contributed by atoms with E-state index in [2.05, 4.69) is 21.8 Å². The number of carbonyl (C=O) groups excluding carboxylic acids is 1. The predicted octanol–water partition coefficient (Wildman–Crippen LogP) is 6.00. The van der Waals surface area contributed by atoms with Crippen molar-refractivity contribution in [2.45, 2.75) is 56.8 Å². The first kappa shape index (κ1) is 22.5. The first-order valence-corrected chi connectivity index (χ1v) is 12.0. The summed E-state index contributed by atoms with van der Waals surface area (Å²) in [6.45, 7) is 0. The number of nitriles is 1. The van der Waals surface area contributed by atoms with E-state index in [1.165, 1.54) is 11.3 Å². The van der Waals surface area contributed by atoms with E-state index in [4.69, 9.17) is 0 Å². The number of anilines is 2. The topological polar surface area (TPSA) is 82.7 Å². The number of nitrogens with zero attached hydrogens (tertiary/aromatic N) is 3. The van der Waals surface area contributed by atoms with E-state index in [1.54, 1.807) is 30.3 Å². The van der Waals surface area contributed by atoms with Gasteiger partial charge in [-0.15, -0.1) is 11.3 Å². The summed E-state index contributed by atoms with van der Waals surface area (Å²) in [6, 6.07) is 8.57. The Kier molecular flexibility index (Phi) is 5.81. The average Bonchev–Trinajstić information content (AvgIpc) is 3.31. The highest BCUT2D eigenvalue weighted by Gasteiger charge is 2.47. The minimum atomic E-state index is -4.52.